The van der Waals surface area contributed by atoms with Gasteiger partial charge in [-0.2, -0.15) is 5.26 Å². The van der Waals surface area contributed by atoms with Gasteiger partial charge in [0.15, 0.2) is 0 Å². The maximum absolute atomic E-state index is 12.3. The highest BCUT2D eigenvalue weighted by Gasteiger charge is 2.10. The van der Waals surface area contributed by atoms with Crippen molar-refractivity contribution >= 4 is 35.0 Å². The predicted octanol–water partition coefficient (Wildman–Crippen LogP) is 4.73. The highest BCUT2D eigenvalue weighted by atomic mass is 35.5. The van der Waals surface area contributed by atoms with Crippen molar-refractivity contribution in [2.75, 3.05) is 23.3 Å². The van der Waals surface area contributed by atoms with Crippen LogP contribution in [0.5, 0.6) is 0 Å². The van der Waals surface area contributed by atoms with Crippen molar-refractivity contribution in [1.82, 2.24) is 0 Å². The Balaban J connectivity index is 2.16. The molecule has 0 bridgehead atoms. The number of carbonyl (C=O) groups excluding carboxylic acids is 1. The van der Waals surface area contributed by atoms with E-state index in [1.54, 1.807) is 30.3 Å². The Hall–Kier alpha value is -2.77. The van der Waals surface area contributed by atoms with Gasteiger partial charge in [-0.25, -0.2) is 0 Å². The normalized spacial score (nSPS) is 10.9. The van der Waals surface area contributed by atoms with E-state index >= 15 is 0 Å². The molecule has 0 unspecified atom stereocenters. The fourth-order valence-electron chi connectivity index (χ4n) is 2.45. The van der Waals surface area contributed by atoms with Crippen molar-refractivity contribution < 1.29 is 4.79 Å². The number of hydrogen-bond acceptors (Lipinski definition) is 3. The van der Waals surface area contributed by atoms with E-state index < -0.39 is 5.91 Å². The van der Waals surface area contributed by atoms with Gasteiger partial charge in [-0.05, 0) is 55.8 Å². The van der Waals surface area contributed by atoms with Crippen LogP contribution in [0.3, 0.4) is 0 Å². The fourth-order valence-corrected chi connectivity index (χ4v) is 2.64. The number of nitriles is 1. The highest BCUT2D eigenvalue weighted by molar-refractivity contribution is 6.31. The third-order valence-electron chi connectivity index (χ3n) is 3.78. The van der Waals surface area contributed by atoms with Crippen LogP contribution in [0.1, 0.15) is 19.4 Å². The summed E-state index contributed by atoms with van der Waals surface area (Å²) in [6.45, 7) is 6.06. The first-order chi connectivity index (χ1) is 12.1. The number of nitrogens with one attached hydrogen (secondary N) is 1. The average Bonchev–Trinajstić information content (AvgIpc) is 2.62. The van der Waals surface area contributed by atoms with Crippen LogP contribution in [-0.4, -0.2) is 19.0 Å². The number of amides is 1. The molecule has 0 spiro atoms. The summed E-state index contributed by atoms with van der Waals surface area (Å²) < 4.78 is 0. The molecule has 0 aliphatic rings. The lowest BCUT2D eigenvalue weighted by molar-refractivity contribution is -0.112. The van der Waals surface area contributed by atoms with Crippen LogP contribution in [0, 0.1) is 11.3 Å². The zero-order valence-electron chi connectivity index (χ0n) is 14.3. The fraction of sp³-hybridized carbons (Fsp3) is 0.200. The molecule has 0 heterocycles. The Morgan fingerprint density at radius 1 is 1.20 bits per heavy atom. The second kappa shape index (κ2) is 8.91. The summed E-state index contributed by atoms with van der Waals surface area (Å²) in [5, 5.41) is 12.5. The molecule has 0 saturated heterocycles. The van der Waals surface area contributed by atoms with E-state index in [2.05, 4.69) is 24.1 Å². The quantitative estimate of drug-likeness (QED) is 0.603. The Kier molecular flexibility index (Phi) is 6.62. The van der Waals surface area contributed by atoms with Crippen molar-refractivity contribution in [2.45, 2.75) is 13.8 Å². The molecule has 2 rings (SSSR count). The molecular formula is C20H20ClN3O. The molecular weight excluding hydrogens is 334 g/mol. The lowest BCUT2D eigenvalue weighted by Crippen LogP contribution is -2.21. The molecule has 1 amide bonds. The number of hydrogen-bond donors (Lipinski definition) is 1. The van der Waals surface area contributed by atoms with E-state index in [1.807, 2.05) is 30.3 Å². The summed E-state index contributed by atoms with van der Waals surface area (Å²) in [5.41, 5.74) is 2.50. The number of carbonyl (C=O) groups is 1. The first-order valence-corrected chi connectivity index (χ1v) is 8.49. The van der Waals surface area contributed by atoms with Gasteiger partial charge in [-0.3, -0.25) is 4.79 Å². The standard InChI is InChI=1S/C20H20ClN3O/c1-3-24(4-2)19-10-8-15(9-11-19)12-16(14-22)20(25)23-18-7-5-6-17(21)13-18/h5-13H,3-4H2,1-2H3,(H,23,25)/b16-12+. The average molecular weight is 354 g/mol. The molecule has 0 aromatic heterocycles. The summed E-state index contributed by atoms with van der Waals surface area (Å²) in [6, 6.07) is 16.5. The summed E-state index contributed by atoms with van der Waals surface area (Å²) in [6.07, 6.45) is 1.58. The SMILES string of the molecule is CCN(CC)c1ccc(/C=C(\C#N)C(=O)Nc2cccc(Cl)c2)cc1. The second-order valence-corrected chi connectivity index (χ2v) is 5.83. The summed E-state index contributed by atoms with van der Waals surface area (Å²) in [5.74, 6) is -0.461. The monoisotopic (exact) mass is 353 g/mol. The van der Waals surface area contributed by atoms with Gasteiger partial charge in [0, 0.05) is 29.5 Å². The minimum Gasteiger partial charge on any atom is -0.372 e. The Labute approximate surface area is 153 Å². The van der Waals surface area contributed by atoms with Crippen LogP contribution < -0.4 is 10.2 Å². The second-order valence-electron chi connectivity index (χ2n) is 5.40. The molecule has 0 radical (unpaired) electrons. The van der Waals surface area contributed by atoms with E-state index in [-0.39, 0.29) is 5.57 Å². The van der Waals surface area contributed by atoms with Crippen molar-refractivity contribution in [3.63, 3.8) is 0 Å². The van der Waals surface area contributed by atoms with Gasteiger partial charge in [0.05, 0.1) is 0 Å². The van der Waals surface area contributed by atoms with Gasteiger partial charge in [0.25, 0.3) is 5.91 Å². The van der Waals surface area contributed by atoms with Crippen molar-refractivity contribution in [3.05, 3.63) is 64.7 Å². The number of benzene rings is 2. The number of nitrogens with zero attached hydrogens (tertiary/aromatic N) is 2. The molecule has 0 aliphatic heterocycles. The minimum absolute atomic E-state index is 0.0376. The Bertz CT molecular complexity index is 802. The molecule has 0 atom stereocenters. The van der Waals surface area contributed by atoms with E-state index in [9.17, 15) is 10.1 Å². The van der Waals surface area contributed by atoms with Gasteiger partial charge in [-0.15, -0.1) is 0 Å². The van der Waals surface area contributed by atoms with Crippen LogP contribution in [-0.2, 0) is 4.79 Å². The minimum atomic E-state index is -0.461. The molecule has 128 valence electrons. The lowest BCUT2D eigenvalue weighted by Gasteiger charge is -2.20. The summed E-state index contributed by atoms with van der Waals surface area (Å²) in [4.78, 5) is 14.5. The zero-order chi connectivity index (χ0) is 18.2. The zero-order valence-corrected chi connectivity index (χ0v) is 15.0. The number of halogens is 1. The highest BCUT2D eigenvalue weighted by Crippen LogP contribution is 2.18. The third kappa shape index (κ3) is 5.10. The third-order valence-corrected chi connectivity index (χ3v) is 4.02. The lowest BCUT2D eigenvalue weighted by atomic mass is 10.1. The number of rotatable bonds is 6. The molecule has 4 nitrogen and oxygen atoms in total. The molecule has 5 heteroatoms. The van der Waals surface area contributed by atoms with Gasteiger partial charge in [-0.1, -0.05) is 29.8 Å². The van der Waals surface area contributed by atoms with Crippen molar-refractivity contribution in [1.29, 1.82) is 5.26 Å². The van der Waals surface area contributed by atoms with Crippen molar-refractivity contribution in [3.8, 4) is 6.07 Å². The molecule has 1 N–H and O–H groups in total. The predicted molar refractivity (Wildman–Crippen MR) is 104 cm³/mol. The Morgan fingerprint density at radius 2 is 1.88 bits per heavy atom. The molecule has 25 heavy (non-hydrogen) atoms. The molecule has 0 fully saturated rings. The topological polar surface area (TPSA) is 56.1 Å². The molecule has 0 aliphatic carbocycles. The molecule has 0 saturated carbocycles. The maximum Gasteiger partial charge on any atom is 0.266 e. The summed E-state index contributed by atoms with van der Waals surface area (Å²) >= 11 is 5.90. The van der Waals surface area contributed by atoms with Gasteiger partial charge < -0.3 is 10.2 Å². The van der Waals surface area contributed by atoms with Gasteiger partial charge in [0.1, 0.15) is 11.6 Å². The van der Waals surface area contributed by atoms with Crippen LogP contribution >= 0.6 is 11.6 Å². The maximum atomic E-state index is 12.3. The van der Waals surface area contributed by atoms with E-state index in [1.165, 1.54) is 0 Å². The first kappa shape index (κ1) is 18.6. The van der Waals surface area contributed by atoms with E-state index in [0.29, 0.717) is 10.7 Å². The Morgan fingerprint density at radius 3 is 2.44 bits per heavy atom. The molecule has 2 aromatic rings. The van der Waals surface area contributed by atoms with Crippen LogP contribution in [0.2, 0.25) is 5.02 Å². The number of anilines is 2. The van der Waals surface area contributed by atoms with E-state index in [0.717, 1.165) is 24.3 Å². The summed E-state index contributed by atoms with van der Waals surface area (Å²) in [7, 11) is 0. The van der Waals surface area contributed by atoms with Gasteiger partial charge >= 0.3 is 0 Å². The van der Waals surface area contributed by atoms with Crippen LogP contribution in [0.15, 0.2) is 54.1 Å². The smallest absolute Gasteiger partial charge is 0.266 e. The molecule has 2 aromatic carbocycles. The first-order valence-electron chi connectivity index (χ1n) is 8.11. The van der Waals surface area contributed by atoms with Crippen LogP contribution in [0.25, 0.3) is 6.08 Å². The van der Waals surface area contributed by atoms with Crippen LogP contribution in [0.4, 0.5) is 11.4 Å². The largest absolute Gasteiger partial charge is 0.372 e. The van der Waals surface area contributed by atoms with Gasteiger partial charge in [0.2, 0.25) is 0 Å². The van der Waals surface area contributed by atoms with Crippen molar-refractivity contribution in [2.24, 2.45) is 0 Å². The van der Waals surface area contributed by atoms with E-state index in [4.69, 9.17) is 11.6 Å².